The third-order valence-corrected chi connectivity index (χ3v) is 5.06. The van der Waals surface area contributed by atoms with Crippen LogP contribution in [0.5, 0.6) is 0 Å². The van der Waals surface area contributed by atoms with Gasteiger partial charge in [0.25, 0.3) is 5.91 Å². The van der Waals surface area contributed by atoms with Gasteiger partial charge in [0.15, 0.2) is 5.01 Å². The maximum absolute atomic E-state index is 12.4. The highest BCUT2D eigenvalue weighted by atomic mass is 32.1. The van der Waals surface area contributed by atoms with Gasteiger partial charge in [0, 0.05) is 36.3 Å². The zero-order valence-electron chi connectivity index (χ0n) is 13.1. The average molecular weight is 335 g/mol. The first kappa shape index (κ1) is 15.1. The first-order chi connectivity index (χ1) is 11.8. The number of nitrogens with one attached hydrogen (secondary N) is 2. The third kappa shape index (κ3) is 3.22. The summed E-state index contributed by atoms with van der Waals surface area (Å²) in [5.74, 6) is -0.148. The molecule has 0 saturated carbocycles. The summed E-state index contributed by atoms with van der Waals surface area (Å²) < 4.78 is 0. The molecule has 24 heavy (non-hydrogen) atoms. The van der Waals surface area contributed by atoms with Crippen molar-refractivity contribution < 1.29 is 4.79 Å². The van der Waals surface area contributed by atoms with E-state index in [2.05, 4.69) is 33.8 Å². The lowest BCUT2D eigenvalue weighted by atomic mass is 10.1. The number of thiazole rings is 1. The molecule has 4 nitrogen and oxygen atoms in total. The molecule has 0 unspecified atom stereocenters. The predicted molar refractivity (Wildman–Crippen MR) is 96.3 cm³/mol. The molecule has 1 aliphatic heterocycles. The monoisotopic (exact) mass is 335 g/mol. The van der Waals surface area contributed by atoms with Crippen molar-refractivity contribution in [3.05, 3.63) is 81.3 Å². The predicted octanol–water partition coefficient (Wildman–Crippen LogP) is 3.59. The minimum atomic E-state index is -0.148. The fourth-order valence-corrected chi connectivity index (χ4v) is 3.69. The lowest BCUT2D eigenvalue weighted by molar-refractivity contribution is 0.102. The van der Waals surface area contributed by atoms with Crippen LogP contribution in [0, 0.1) is 0 Å². The van der Waals surface area contributed by atoms with Crippen molar-refractivity contribution in [1.82, 2.24) is 10.3 Å². The summed E-state index contributed by atoms with van der Waals surface area (Å²) in [6.45, 7) is 1.76. The van der Waals surface area contributed by atoms with Gasteiger partial charge in [-0.3, -0.25) is 4.79 Å². The van der Waals surface area contributed by atoms with Gasteiger partial charge in [0.2, 0.25) is 0 Å². The summed E-state index contributed by atoms with van der Waals surface area (Å²) >= 11 is 1.45. The Morgan fingerprint density at radius 1 is 1.12 bits per heavy atom. The number of amides is 1. The molecule has 1 aliphatic rings. The minimum absolute atomic E-state index is 0.148. The van der Waals surface area contributed by atoms with E-state index in [-0.39, 0.29) is 5.91 Å². The molecule has 2 heterocycles. The maximum atomic E-state index is 12.4. The Morgan fingerprint density at radius 2 is 1.96 bits per heavy atom. The Kier molecular flexibility index (Phi) is 4.11. The third-order valence-electron chi connectivity index (χ3n) is 4.06. The molecule has 0 saturated heterocycles. The van der Waals surface area contributed by atoms with Gasteiger partial charge in [-0.1, -0.05) is 36.4 Å². The van der Waals surface area contributed by atoms with Crippen LogP contribution in [0.1, 0.15) is 31.4 Å². The highest BCUT2D eigenvalue weighted by Crippen LogP contribution is 2.22. The van der Waals surface area contributed by atoms with Gasteiger partial charge in [-0.2, -0.15) is 0 Å². The van der Waals surface area contributed by atoms with Crippen LogP contribution in [0.25, 0.3) is 0 Å². The largest absolute Gasteiger partial charge is 0.320 e. The second-order valence-corrected chi connectivity index (χ2v) is 6.95. The number of hydrogen-bond acceptors (Lipinski definition) is 4. The SMILES string of the molecule is O=C(Nc1ccc2c(c1)CNC2)c1ncc(Cc2ccccc2)s1. The summed E-state index contributed by atoms with van der Waals surface area (Å²) in [6.07, 6.45) is 2.59. The molecule has 4 rings (SSSR count). The Morgan fingerprint density at radius 3 is 2.83 bits per heavy atom. The number of rotatable bonds is 4. The summed E-state index contributed by atoms with van der Waals surface area (Å²) in [4.78, 5) is 17.8. The molecule has 2 N–H and O–H groups in total. The van der Waals surface area contributed by atoms with Crippen molar-refractivity contribution in [2.45, 2.75) is 19.5 Å². The van der Waals surface area contributed by atoms with Gasteiger partial charge in [0.1, 0.15) is 0 Å². The average Bonchev–Trinajstić information content (AvgIpc) is 3.24. The lowest BCUT2D eigenvalue weighted by Crippen LogP contribution is -2.11. The number of nitrogens with zero attached hydrogens (tertiary/aromatic N) is 1. The van der Waals surface area contributed by atoms with E-state index in [1.165, 1.54) is 28.0 Å². The molecule has 1 amide bonds. The Hall–Kier alpha value is -2.50. The Labute approximate surface area is 144 Å². The molecule has 0 spiro atoms. The van der Waals surface area contributed by atoms with Crippen LogP contribution in [0.15, 0.2) is 54.7 Å². The number of anilines is 1. The standard InChI is InChI=1S/C19H17N3OS/c23-18(22-16-7-6-14-10-20-11-15(14)9-16)19-21-12-17(24-19)8-13-4-2-1-3-5-13/h1-7,9,12,20H,8,10-11H2,(H,22,23). The van der Waals surface area contributed by atoms with Crippen LogP contribution in [-0.2, 0) is 19.5 Å². The van der Waals surface area contributed by atoms with E-state index in [9.17, 15) is 4.79 Å². The van der Waals surface area contributed by atoms with Crippen LogP contribution >= 0.6 is 11.3 Å². The van der Waals surface area contributed by atoms with Crippen LogP contribution in [0.3, 0.4) is 0 Å². The molecular weight excluding hydrogens is 318 g/mol. The molecule has 0 bridgehead atoms. The van der Waals surface area contributed by atoms with Gasteiger partial charge in [-0.15, -0.1) is 11.3 Å². The first-order valence-electron chi connectivity index (χ1n) is 7.90. The van der Waals surface area contributed by atoms with Crippen LogP contribution < -0.4 is 10.6 Å². The molecular formula is C19H17N3OS. The van der Waals surface area contributed by atoms with E-state index in [0.29, 0.717) is 5.01 Å². The normalized spacial score (nSPS) is 12.8. The second kappa shape index (κ2) is 6.55. The summed E-state index contributed by atoms with van der Waals surface area (Å²) in [6, 6.07) is 16.2. The van der Waals surface area contributed by atoms with E-state index in [1.807, 2.05) is 30.3 Å². The fourth-order valence-electron chi connectivity index (χ4n) is 2.85. The highest BCUT2D eigenvalue weighted by molar-refractivity contribution is 7.13. The molecule has 0 radical (unpaired) electrons. The van der Waals surface area contributed by atoms with Crippen molar-refractivity contribution in [3.8, 4) is 0 Å². The van der Waals surface area contributed by atoms with Crippen molar-refractivity contribution >= 4 is 22.9 Å². The lowest BCUT2D eigenvalue weighted by Gasteiger charge is -2.05. The highest BCUT2D eigenvalue weighted by Gasteiger charge is 2.14. The van der Waals surface area contributed by atoms with E-state index in [1.54, 1.807) is 6.20 Å². The van der Waals surface area contributed by atoms with Crippen LogP contribution in [0.4, 0.5) is 5.69 Å². The van der Waals surface area contributed by atoms with Crippen LogP contribution in [0.2, 0.25) is 0 Å². The number of aromatic nitrogens is 1. The quantitative estimate of drug-likeness (QED) is 0.766. The van der Waals surface area contributed by atoms with Gasteiger partial charge in [-0.05, 0) is 28.8 Å². The van der Waals surface area contributed by atoms with Gasteiger partial charge in [-0.25, -0.2) is 4.98 Å². The topological polar surface area (TPSA) is 54.0 Å². The number of hydrogen-bond donors (Lipinski definition) is 2. The second-order valence-electron chi connectivity index (χ2n) is 5.84. The van der Waals surface area contributed by atoms with E-state index in [0.717, 1.165) is 30.1 Å². The molecule has 1 aromatic heterocycles. The molecule has 5 heteroatoms. The Balaban J connectivity index is 1.45. The molecule has 3 aromatic rings. The molecule has 2 aromatic carbocycles. The Bertz CT molecular complexity index is 873. The molecule has 0 aliphatic carbocycles. The minimum Gasteiger partial charge on any atom is -0.320 e. The van der Waals surface area contributed by atoms with Gasteiger partial charge < -0.3 is 10.6 Å². The van der Waals surface area contributed by atoms with Crippen molar-refractivity contribution in [3.63, 3.8) is 0 Å². The summed E-state index contributed by atoms with van der Waals surface area (Å²) in [7, 11) is 0. The number of benzene rings is 2. The number of carbonyl (C=O) groups is 1. The van der Waals surface area contributed by atoms with Gasteiger partial charge in [0.05, 0.1) is 0 Å². The van der Waals surface area contributed by atoms with Gasteiger partial charge >= 0.3 is 0 Å². The first-order valence-corrected chi connectivity index (χ1v) is 8.72. The van der Waals surface area contributed by atoms with Crippen LogP contribution in [-0.4, -0.2) is 10.9 Å². The van der Waals surface area contributed by atoms with Crippen molar-refractivity contribution in [1.29, 1.82) is 0 Å². The smallest absolute Gasteiger partial charge is 0.284 e. The fraction of sp³-hybridized carbons (Fsp3) is 0.158. The zero-order valence-corrected chi connectivity index (χ0v) is 13.9. The van der Waals surface area contributed by atoms with E-state index >= 15 is 0 Å². The number of carbonyl (C=O) groups excluding carboxylic acids is 1. The number of fused-ring (bicyclic) bond motifs is 1. The van der Waals surface area contributed by atoms with E-state index in [4.69, 9.17) is 0 Å². The summed E-state index contributed by atoms with van der Waals surface area (Å²) in [5, 5.41) is 6.75. The zero-order chi connectivity index (χ0) is 16.4. The summed E-state index contributed by atoms with van der Waals surface area (Å²) in [5.41, 5.74) is 4.59. The maximum Gasteiger partial charge on any atom is 0.284 e. The van der Waals surface area contributed by atoms with E-state index < -0.39 is 0 Å². The van der Waals surface area contributed by atoms with Crippen molar-refractivity contribution in [2.24, 2.45) is 0 Å². The van der Waals surface area contributed by atoms with Crippen molar-refractivity contribution in [2.75, 3.05) is 5.32 Å². The molecule has 0 atom stereocenters. The molecule has 120 valence electrons. The molecule has 0 fully saturated rings.